The van der Waals surface area contributed by atoms with Gasteiger partial charge in [0, 0.05) is 18.6 Å². The van der Waals surface area contributed by atoms with Crippen molar-refractivity contribution >= 4 is 19.0 Å². The summed E-state index contributed by atoms with van der Waals surface area (Å²) in [5, 5.41) is 2.76. The molecule has 0 aromatic heterocycles. The van der Waals surface area contributed by atoms with Crippen LogP contribution in [0.25, 0.3) is 0 Å². The highest BCUT2D eigenvalue weighted by atomic mass is 35.5. The Morgan fingerprint density at radius 3 is 2.70 bits per heavy atom. The van der Waals surface area contributed by atoms with Gasteiger partial charge >= 0.3 is 0 Å². The van der Waals surface area contributed by atoms with Crippen LogP contribution in [0.5, 0.6) is 0 Å². The lowest BCUT2D eigenvalue weighted by atomic mass is 10.5. The van der Waals surface area contributed by atoms with E-state index in [1.165, 1.54) is 0 Å². The van der Waals surface area contributed by atoms with Gasteiger partial charge in [-0.15, -0.1) is 11.6 Å². The Kier molecular flexibility index (Phi) is 5.36. The van der Waals surface area contributed by atoms with Gasteiger partial charge in [0.2, 0.25) is 7.44 Å². The number of hydrogen-bond donors (Lipinski definition) is 2. The molecule has 0 aliphatic rings. The molecule has 0 aliphatic heterocycles. The normalized spacial score (nSPS) is 16.7. The second-order valence-corrected chi connectivity index (χ2v) is 4.85. The maximum absolute atomic E-state index is 11.2. The number of rotatable bonds is 5. The van der Waals surface area contributed by atoms with Crippen LogP contribution in [0.3, 0.4) is 0 Å². The van der Waals surface area contributed by atoms with Crippen LogP contribution < -0.4 is 10.6 Å². The zero-order valence-corrected chi connectivity index (χ0v) is 7.79. The van der Waals surface area contributed by atoms with Gasteiger partial charge in [-0.2, -0.15) is 0 Å². The molecule has 3 nitrogen and oxygen atoms in total. The predicted octanol–water partition coefficient (Wildman–Crippen LogP) is 1.38. The van der Waals surface area contributed by atoms with Crippen LogP contribution in [0.15, 0.2) is 0 Å². The lowest BCUT2D eigenvalue weighted by Crippen LogP contribution is -2.19. The molecule has 0 saturated carbocycles. The van der Waals surface area contributed by atoms with Crippen LogP contribution in [0, 0.1) is 0 Å². The quantitative estimate of drug-likeness (QED) is 0.501. The number of alkyl halides is 1. The molecule has 5 heteroatoms. The van der Waals surface area contributed by atoms with E-state index < -0.39 is 7.44 Å². The van der Waals surface area contributed by atoms with E-state index in [1.54, 1.807) is 0 Å². The lowest BCUT2D eigenvalue weighted by Gasteiger charge is -2.11. The van der Waals surface area contributed by atoms with Crippen molar-refractivity contribution in [1.82, 2.24) is 5.09 Å². The van der Waals surface area contributed by atoms with E-state index in [4.69, 9.17) is 17.1 Å². The Labute approximate surface area is 66.8 Å². The van der Waals surface area contributed by atoms with Crippen LogP contribution in [-0.2, 0) is 4.57 Å². The van der Waals surface area contributed by atoms with Crippen LogP contribution in [0.4, 0.5) is 0 Å². The van der Waals surface area contributed by atoms with Crippen molar-refractivity contribution in [2.45, 2.75) is 13.3 Å². The minimum Gasteiger partial charge on any atom is -0.289 e. The third-order valence-corrected chi connectivity index (χ3v) is 3.15. The summed E-state index contributed by atoms with van der Waals surface area (Å²) in [4.78, 5) is 0. The van der Waals surface area contributed by atoms with Gasteiger partial charge in [-0.1, -0.05) is 6.92 Å². The molecule has 0 aliphatic carbocycles. The van der Waals surface area contributed by atoms with Gasteiger partial charge in [0.15, 0.2) is 0 Å². The van der Waals surface area contributed by atoms with E-state index in [0.717, 1.165) is 6.42 Å². The molecular weight excluding hydrogens is 170 g/mol. The van der Waals surface area contributed by atoms with Crippen molar-refractivity contribution in [3.05, 3.63) is 0 Å². The number of nitrogens with two attached hydrogens (primary N) is 1. The molecule has 0 heterocycles. The molecule has 0 amide bonds. The summed E-state index contributed by atoms with van der Waals surface area (Å²) >= 11 is 5.37. The van der Waals surface area contributed by atoms with Crippen molar-refractivity contribution in [1.29, 1.82) is 0 Å². The van der Waals surface area contributed by atoms with Gasteiger partial charge in [-0.3, -0.25) is 15.2 Å². The van der Waals surface area contributed by atoms with Crippen LogP contribution in [0.2, 0.25) is 0 Å². The third kappa shape index (κ3) is 5.24. The summed E-state index contributed by atoms with van der Waals surface area (Å²) in [5.74, 6) is 0.352. The molecule has 0 aromatic carbocycles. The Bertz CT molecular complexity index is 131. The molecule has 62 valence electrons. The maximum atomic E-state index is 11.2. The first-order valence-electron chi connectivity index (χ1n) is 3.31. The van der Waals surface area contributed by atoms with Gasteiger partial charge in [-0.05, 0) is 6.42 Å². The minimum absolute atomic E-state index is 0.352. The highest BCUT2D eigenvalue weighted by Gasteiger charge is 2.11. The summed E-state index contributed by atoms with van der Waals surface area (Å²) in [6.07, 6.45) is 1.30. The highest BCUT2D eigenvalue weighted by molar-refractivity contribution is 7.59. The Balaban J connectivity index is 3.53. The molecule has 0 saturated heterocycles. The molecule has 0 spiro atoms. The summed E-state index contributed by atoms with van der Waals surface area (Å²) in [6.45, 7) is 2.69. The average Bonchev–Trinajstić information content (AvgIpc) is 1.84. The molecule has 0 rings (SSSR count). The molecule has 0 radical (unpaired) electrons. The van der Waals surface area contributed by atoms with Crippen molar-refractivity contribution in [2.75, 3.05) is 18.6 Å². The first-order valence-corrected chi connectivity index (χ1v) is 5.80. The molecule has 0 fully saturated rings. The third-order valence-electron chi connectivity index (χ3n) is 1.05. The van der Waals surface area contributed by atoms with Gasteiger partial charge in [-0.25, -0.2) is 0 Å². The number of hydrogen-bond acceptors (Lipinski definition) is 1. The lowest BCUT2D eigenvalue weighted by molar-refractivity contribution is 0.565. The van der Waals surface area contributed by atoms with Gasteiger partial charge in [0.1, 0.15) is 0 Å². The first-order chi connectivity index (χ1) is 4.62. The van der Waals surface area contributed by atoms with Crippen molar-refractivity contribution in [3.8, 4) is 0 Å². The number of halogens is 1. The molecule has 10 heavy (non-hydrogen) atoms. The van der Waals surface area contributed by atoms with E-state index in [1.807, 2.05) is 6.92 Å². The molecule has 0 aromatic rings. The molecule has 1 atom stereocenters. The Morgan fingerprint density at radius 1 is 1.70 bits per heavy atom. The van der Waals surface area contributed by atoms with E-state index in [0.29, 0.717) is 18.6 Å². The van der Waals surface area contributed by atoms with E-state index in [9.17, 15) is 4.57 Å². The average molecular weight is 185 g/mol. The minimum atomic E-state index is -2.59. The van der Waals surface area contributed by atoms with E-state index in [-0.39, 0.29) is 0 Å². The molecule has 1 unspecified atom stereocenters. The van der Waals surface area contributed by atoms with Crippen molar-refractivity contribution in [3.63, 3.8) is 0 Å². The fraction of sp³-hybridized carbons (Fsp3) is 1.00. The van der Waals surface area contributed by atoms with Crippen molar-refractivity contribution < 1.29 is 4.57 Å². The van der Waals surface area contributed by atoms with Crippen LogP contribution in [-0.4, -0.2) is 18.6 Å². The highest BCUT2D eigenvalue weighted by Crippen LogP contribution is 2.29. The Hall–Kier alpha value is 0.440. The second kappa shape index (κ2) is 5.14. The summed E-state index contributed by atoms with van der Waals surface area (Å²) < 4.78 is 11.2. The monoisotopic (exact) mass is 184 g/mol. The fourth-order valence-corrected chi connectivity index (χ4v) is 2.27. The zero-order chi connectivity index (χ0) is 8.04. The van der Waals surface area contributed by atoms with Gasteiger partial charge in [0.25, 0.3) is 0 Å². The van der Waals surface area contributed by atoms with Gasteiger partial charge < -0.3 is 0 Å². The topological polar surface area (TPSA) is 55.1 Å². The van der Waals surface area contributed by atoms with Crippen LogP contribution in [0.1, 0.15) is 13.3 Å². The molecule has 3 N–H and O–H groups in total. The SMILES string of the molecule is CCCNP(N)(=O)CCCl. The van der Waals surface area contributed by atoms with E-state index in [2.05, 4.69) is 5.09 Å². The summed E-state index contributed by atoms with van der Waals surface area (Å²) in [6, 6.07) is 0. The molecular formula is C5H14ClN2OP. The summed E-state index contributed by atoms with van der Waals surface area (Å²) in [7, 11) is -2.59. The van der Waals surface area contributed by atoms with E-state index >= 15 is 0 Å². The Morgan fingerprint density at radius 2 is 2.30 bits per heavy atom. The largest absolute Gasteiger partial charge is 0.289 e. The smallest absolute Gasteiger partial charge is 0.209 e. The second-order valence-electron chi connectivity index (χ2n) is 2.12. The molecule has 0 bridgehead atoms. The maximum Gasteiger partial charge on any atom is 0.209 e. The van der Waals surface area contributed by atoms with Crippen LogP contribution >= 0.6 is 19.0 Å². The first kappa shape index (κ1) is 10.4. The number of nitrogens with one attached hydrogen (secondary N) is 1. The van der Waals surface area contributed by atoms with Gasteiger partial charge in [0.05, 0.1) is 0 Å². The standard InChI is InChI=1S/C5H14ClN2OP/c1-2-4-8-10(7,9)5-3-6/h2-5H2,1H3,(H3,7,8,9). The zero-order valence-electron chi connectivity index (χ0n) is 6.14. The fourth-order valence-electron chi connectivity index (χ4n) is 0.506. The predicted molar refractivity (Wildman–Crippen MR) is 45.7 cm³/mol. The van der Waals surface area contributed by atoms with Crippen molar-refractivity contribution in [2.24, 2.45) is 5.50 Å². The summed E-state index contributed by atoms with van der Waals surface area (Å²) in [5.41, 5.74) is 5.37.